The Morgan fingerprint density at radius 2 is 2.29 bits per heavy atom. The molecule has 0 aliphatic heterocycles. The van der Waals surface area contributed by atoms with Crippen LogP contribution >= 0.6 is 11.8 Å². The minimum absolute atomic E-state index is 0.0669. The number of rotatable bonds is 5. The molecule has 3 nitrogen and oxygen atoms in total. The second-order valence-electron chi connectivity index (χ2n) is 4.22. The number of amides is 1. The highest BCUT2D eigenvalue weighted by molar-refractivity contribution is 8.00. The van der Waals surface area contributed by atoms with E-state index in [9.17, 15) is 4.79 Å². The number of thioether (sulfide) groups is 1. The quantitative estimate of drug-likeness (QED) is 0.817. The predicted octanol–water partition coefficient (Wildman–Crippen LogP) is 2.45. The van der Waals surface area contributed by atoms with Crippen molar-refractivity contribution < 1.29 is 9.53 Å². The first-order valence-electron chi connectivity index (χ1n) is 5.80. The molecule has 0 radical (unpaired) electrons. The molecule has 2 rings (SSSR count). The molecule has 1 aliphatic carbocycles. The van der Waals surface area contributed by atoms with Gasteiger partial charge in [-0.15, -0.1) is 11.8 Å². The molecule has 0 spiro atoms. The van der Waals surface area contributed by atoms with Gasteiger partial charge in [-0.2, -0.15) is 0 Å². The normalized spacial score (nSPS) is 16.4. The van der Waals surface area contributed by atoms with Crippen LogP contribution in [-0.2, 0) is 4.79 Å². The summed E-state index contributed by atoms with van der Waals surface area (Å²) < 4.78 is 5.16. The lowest BCUT2D eigenvalue weighted by Gasteiger charge is -2.11. The molecule has 1 amide bonds. The maximum Gasteiger partial charge on any atom is 0.233 e. The van der Waals surface area contributed by atoms with E-state index in [-0.39, 0.29) is 11.2 Å². The summed E-state index contributed by atoms with van der Waals surface area (Å²) in [5.41, 5.74) is 0. The topological polar surface area (TPSA) is 38.3 Å². The fourth-order valence-electron chi connectivity index (χ4n) is 1.48. The fourth-order valence-corrected chi connectivity index (χ4v) is 2.40. The van der Waals surface area contributed by atoms with Crippen LogP contribution in [0.1, 0.15) is 19.8 Å². The fraction of sp³-hybridized carbons (Fsp3) is 0.462. The Balaban J connectivity index is 1.91. The Labute approximate surface area is 106 Å². The summed E-state index contributed by atoms with van der Waals surface area (Å²) in [6.45, 7) is 1.93. The highest BCUT2D eigenvalue weighted by atomic mass is 32.2. The molecule has 0 aromatic heterocycles. The Hall–Kier alpha value is -1.16. The first-order chi connectivity index (χ1) is 8.19. The van der Waals surface area contributed by atoms with Crippen LogP contribution in [0.5, 0.6) is 5.75 Å². The molecule has 1 N–H and O–H groups in total. The lowest BCUT2D eigenvalue weighted by atomic mass is 10.3. The van der Waals surface area contributed by atoms with Gasteiger partial charge in [-0.1, -0.05) is 6.07 Å². The van der Waals surface area contributed by atoms with Crippen molar-refractivity contribution in [2.45, 2.75) is 36.0 Å². The molecule has 0 bridgehead atoms. The molecule has 1 aliphatic rings. The van der Waals surface area contributed by atoms with Crippen LogP contribution in [-0.4, -0.2) is 24.3 Å². The monoisotopic (exact) mass is 251 g/mol. The standard InChI is InChI=1S/C13H17NO2S/c1-9(13(15)14-10-6-7-10)17-12-5-3-4-11(8-12)16-2/h3-5,8-10H,6-7H2,1-2H3,(H,14,15)/t9-/m1/s1. The highest BCUT2D eigenvalue weighted by Gasteiger charge is 2.25. The largest absolute Gasteiger partial charge is 0.497 e. The van der Waals surface area contributed by atoms with Crippen molar-refractivity contribution >= 4 is 17.7 Å². The maximum absolute atomic E-state index is 11.8. The molecule has 0 saturated heterocycles. The van der Waals surface area contributed by atoms with Crippen molar-refractivity contribution in [1.82, 2.24) is 5.32 Å². The molecule has 17 heavy (non-hydrogen) atoms. The Morgan fingerprint density at radius 3 is 2.94 bits per heavy atom. The number of carbonyl (C=O) groups is 1. The van der Waals surface area contributed by atoms with E-state index in [2.05, 4.69) is 5.32 Å². The van der Waals surface area contributed by atoms with E-state index < -0.39 is 0 Å². The van der Waals surface area contributed by atoms with Crippen LogP contribution in [0.4, 0.5) is 0 Å². The number of hydrogen-bond acceptors (Lipinski definition) is 3. The van der Waals surface area contributed by atoms with E-state index >= 15 is 0 Å². The lowest BCUT2D eigenvalue weighted by molar-refractivity contribution is -0.120. The zero-order valence-corrected chi connectivity index (χ0v) is 10.9. The van der Waals surface area contributed by atoms with E-state index in [0.717, 1.165) is 23.5 Å². The molecule has 1 saturated carbocycles. The Morgan fingerprint density at radius 1 is 1.53 bits per heavy atom. The van der Waals surface area contributed by atoms with Gasteiger partial charge < -0.3 is 10.1 Å². The van der Waals surface area contributed by atoms with Gasteiger partial charge in [0.15, 0.2) is 0 Å². The Bertz CT molecular complexity index is 404. The zero-order chi connectivity index (χ0) is 12.3. The van der Waals surface area contributed by atoms with E-state index in [1.54, 1.807) is 18.9 Å². The van der Waals surface area contributed by atoms with Crippen molar-refractivity contribution in [3.63, 3.8) is 0 Å². The van der Waals surface area contributed by atoms with Gasteiger partial charge in [-0.05, 0) is 38.0 Å². The summed E-state index contributed by atoms with van der Waals surface area (Å²) in [7, 11) is 1.65. The second kappa shape index (κ2) is 5.45. The van der Waals surface area contributed by atoms with Crippen LogP contribution < -0.4 is 10.1 Å². The van der Waals surface area contributed by atoms with Crippen LogP contribution in [0, 0.1) is 0 Å². The number of benzene rings is 1. The Kier molecular flexibility index (Phi) is 3.94. The molecule has 0 unspecified atom stereocenters. The van der Waals surface area contributed by atoms with Crippen LogP contribution in [0.15, 0.2) is 29.2 Å². The number of carbonyl (C=O) groups excluding carboxylic acids is 1. The van der Waals surface area contributed by atoms with Gasteiger partial charge in [-0.3, -0.25) is 4.79 Å². The van der Waals surface area contributed by atoms with Crippen molar-refractivity contribution in [1.29, 1.82) is 0 Å². The van der Waals surface area contributed by atoms with Crippen molar-refractivity contribution in [3.8, 4) is 5.75 Å². The van der Waals surface area contributed by atoms with E-state index in [4.69, 9.17) is 4.74 Å². The third kappa shape index (κ3) is 3.66. The minimum atomic E-state index is -0.0669. The smallest absolute Gasteiger partial charge is 0.233 e. The number of hydrogen-bond donors (Lipinski definition) is 1. The zero-order valence-electron chi connectivity index (χ0n) is 10.1. The summed E-state index contributed by atoms with van der Waals surface area (Å²) >= 11 is 1.56. The maximum atomic E-state index is 11.8. The highest BCUT2D eigenvalue weighted by Crippen LogP contribution is 2.27. The van der Waals surface area contributed by atoms with Gasteiger partial charge in [0.2, 0.25) is 5.91 Å². The van der Waals surface area contributed by atoms with Gasteiger partial charge in [-0.25, -0.2) is 0 Å². The van der Waals surface area contributed by atoms with Crippen molar-refractivity contribution in [2.75, 3.05) is 7.11 Å². The third-order valence-corrected chi connectivity index (χ3v) is 3.74. The summed E-state index contributed by atoms with van der Waals surface area (Å²) in [5.74, 6) is 0.949. The first-order valence-corrected chi connectivity index (χ1v) is 6.68. The molecular formula is C13H17NO2S. The molecule has 1 fully saturated rings. The third-order valence-electron chi connectivity index (χ3n) is 2.65. The molecule has 1 atom stereocenters. The molecule has 4 heteroatoms. The van der Waals surface area contributed by atoms with Crippen molar-refractivity contribution in [3.05, 3.63) is 24.3 Å². The van der Waals surface area contributed by atoms with Gasteiger partial charge in [0.25, 0.3) is 0 Å². The molecule has 0 heterocycles. The number of nitrogens with one attached hydrogen (secondary N) is 1. The lowest BCUT2D eigenvalue weighted by Crippen LogP contribution is -2.32. The van der Waals surface area contributed by atoms with E-state index in [1.165, 1.54) is 0 Å². The average Bonchev–Trinajstić information content (AvgIpc) is 3.13. The first kappa shape index (κ1) is 12.3. The van der Waals surface area contributed by atoms with Gasteiger partial charge >= 0.3 is 0 Å². The molecule has 92 valence electrons. The van der Waals surface area contributed by atoms with Crippen molar-refractivity contribution in [2.24, 2.45) is 0 Å². The number of methoxy groups -OCH3 is 1. The minimum Gasteiger partial charge on any atom is -0.497 e. The van der Waals surface area contributed by atoms with Crippen LogP contribution in [0.2, 0.25) is 0 Å². The van der Waals surface area contributed by atoms with Gasteiger partial charge in [0, 0.05) is 10.9 Å². The average molecular weight is 251 g/mol. The summed E-state index contributed by atoms with van der Waals surface area (Å²) in [4.78, 5) is 12.8. The summed E-state index contributed by atoms with van der Waals surface area (Å²) in [6.07, 6.45) is 2.25. The van der Waals surface area contributed by atoms with Crippen LogP contribution in [0.25, 0.3) is 0 Å². The number of ether oxygens (including phenoxy) is 1. The summed E-state index contributed by atoms with van der Waals surface area (Å²) in [6, 6.07) is 8.21. The van der Waals surface area contributed by atoms with E-state index in [0.29, 0.717) is 6.04 Å². The van der Waals surface area contributed by atoms with Gasteiger partial charge in [0.1, 0.15) is 5.75 Å². The summed E-state index contributed by atoms with van der Waals surface area (Å²) in [5, 5.41) is 2.94. The molecular weight excluding hydrogens is 234 g/mol. The van der Waals surface area contributed by atoms with Crippen LogP contribution in [0.3, 0.4) is 0 Å². The van der Waals surface area contributed by atoms with E-state index in [1.807, 2.05) is 31.2 Å². The van der Waals surface area contributed by atoms with Gasteiger partial charge in [0.05, 0.1) is 12.4 Å². The SMILES string of the molecule is COc1cccc(S[C@H](C)C(=O)NC2CC2)c1. The molecule has 1 aromatic carbocycles. The molecule has 1 aromatic rings. The predicted molar refractivity (Wildman–Crippen MR) is 69.5 cm³/mol. The second-order valence-corrected chi connectivity index (χ2v) is 5.64.